The van der Waals surface area contributed by atoms with E-state index in [4.69, 9.17) is 15.9 Å². The number of nitrogens with two attached hydrogens (primary N) is 1. The quantitative estimate of drug-likeness (QED) is 0.566. The van der Waals surface area contributed by atoms with E-state index >= 15 is 0 Å². The highest BCUT2D eigenvalue weighted by molar-refractivity contribution is 5.93. The summed E-state index contributed by atoms with van der Waals surface area (Å²) < 4.78 is 0. The summed E-state index contributed by atoms with van der Waals surface area (Å²) in [6, 6.07) is 18.0. The minimum absolute atomic E-state index is 0.111. The van der Waals surface area contributed by atoms with Gasteiger partial charge in [-0.05, 0) is 59.4 Å². The standard InChI is InChI=1S/C19H19NO.C7H5NO4/c20-19(21)18-16-8-4-3-7-14(16)11-17(18)15-9-12-5-1-2-6-13(12)10-15;9-6(10)4-1-5(7(11)12)3-8-2-4/h1-8,15,17-18H,9-11H2,(H2,20,21);1-3H,(H,9,10)(H,11,12). The highest BCUT2D eigenvalue weighted by atomic mass is 16.4. The van der Waals surface area contributed by atoms with Crippen LogP contribution in [0.25, 0.3) is 0 Å². The number of primary amides is 1. The Hall–Kier alpha value is -4.00. The Balaban J connectivity index is 0.000000185. The number of aromatic nitrogens is 1. The van der Waals surface area contributed by atoms with Crippen molar-refractivity contribution in [3.63, 3.8) is 0 Å². The van der Waals surface area contributed by atoms with E-state index in [2.05, 4.69) is 47.4 Å². The maximum atomic E-state index is 12.0. The first kappa shape index (κ1) is 22.2. The molecule has 4 N–H and O–H groups in total. The van der Waals surface area contributed by atoms with Gasteiger partial charge in [-0.2, -0.15) is 0 Å². The van der Waals surface area contributed by atoms with E-state index in [1.54, 1.807) is 0 Å². The summed E-state index contributed by atoms with van der Waals surface area (Å²) in [6.45, 7) is 0. The van der Waals surface area contributed by atoms with E-state index in [1.807, 2.05) is 6.07 Å². The number of carboxylic acid groups (broad SMARTS) is 2. The average Bonchev–Trinajstić information content (AvgIpc) is 3.41. The number of aromatic carboxylic acids is 2. The molecule has 5 rings (SSSR count). The van der Waals surface area contributed by atoms with E-state index in [0.29, 0.717) is 11.8 Å². The first-order chi connectivity index (χ1) is 15.8. The predicted octanol–water partition coefficient (Wildman–Crippen LogP) is 3.32. The Morgan fingerprint density at radius 3 is 1.82 bits per heavy atom. The lowest BCUT2D eigenvalue weighted by atomic mass is 9.80. The van der Waals surface area contributed by atoms with Gasteiger partial charge in [0, 0.05) is 12.4 Å². The van der Waals surface area contributed by atoms with Crippen LogP contribution in [0.3, 0.4) is 0 Å². The largest absolute Gasteiger partial charge is 0.478 e. The van der Waals surface area contributed by atoms with Crippen LogP contribution in [0.2, 0.25) is 0 Å². The van der Waals surface area contributed by atoms with Gasteiger partial charge in [0.25, 0.3) is 0 Å². The highest BCUT2D eigenvalue weighted by Gasteiger charge is 2.42. The van der Waals surface area contributed by atoms with Gasteiger partial charge < -0.3 is 15.9 Å². The predicted molar refractivity (Wildman–Crippen MR) is 121 cm³/mol. The lowest BCUT2D eigenvalue weighted by Crippen LogP contribution is -2.30. The Kier molecular flexibility index (Phi) is 6.22. The van der Waals surface area contributed by atoms with Crippen molar-refractivity contribution < 1.29 is 24.6 Å². The molecular formula is C26H24N2O5. The first-order valence-corrected chi connectivity index (χ1v) is 10.7. The zero-order valence-electron chi connectivity index (χ0n) is 17.8. The van der Waals surface area contributed by atoms with Gasteiger partial charge in [0.15, 0.2) is 0 Å². The average molecular weight is 444 g/mol. The molecular weight excluding hydrogens is 420 g/mol. The van der Waals surface area contributed by atoms with Crippen molar-refractivity contribution in [2.75, 3.05) is 0 Å². The molecule has 7 nitrogen and oxygen atoms in total. The maximum Gasteiger partial charge on any atom is 0.337 e. The molecule has 2 aromatic carbocycles. The van der Waals surface area contributed by atoms with Gasteiger partial charge in [-0.15, -0.1) is 0 Å². The molecule has 0 saturated carbocycles. The van der Waals surface area contributed by atoms with Crippen molar-refractivity contribution in [1.29, 1.82) is 0 Å². The fourth-order valence-corrected chi connectivity index (χ4v) is 5.00. The van der Waals surface area contributed by atoms with Crippen molar-refractivity contribution in [2.24, 2.45) is 17.6 Å². The molecule has 0 bridgehead atoms. The van der Waals surface area contributed by atoms with E-state index in [9.17, 15) is 14.4 Å². The molecule has 2 aliphatic carbocycles. The number of carbonyl (C=O) groups excluding carboxylic acids is 1. The van der Waals surface area contributed by atoms with Gasteiger partial charge >= 0.3 is 11.9 Å². The van der Waals surface area contributed by atoms with Crippen molar-refractivity contribution in [1.82, 2.24) is 4.98 Å². The number of benzene rings is 2. The summed E-state index contributed by atoms with van der Waals surface area (Å²) in [4.78, 5) is 36.2. The van der Waals surface area contributed by atoms with Crippen molar-refractivity contribution in [3.8, 4) is 0 Å². The zero-order chi connectivity index (χ0) is 23.5. The Morgan fingerprint density at radius 1 is 0.788 bits per heavy atom. The normalized spacial score (nSPS) is 18.5. The Morgan fingerprint density at radius 2 is 1.30 bits per heavy atom. The summed E-state index contributed by atoms with van der Waals surface area (Å²) in [6.07, 6.45) is 5.34. The van der Waals surface area contributed by atoms with Crippen LogP contribution >= 0.6 is 0 Å². The summed E-state index contributed by atoms with van der Waals surface area (Å²) in [5, 5.41) is 16.9. The molecule has 168 valence electrons. The van der Waals surface area contributed by atoms with E-state index in [0.717, 1.165) is 43.3 Å². The third-order valence-corrected chi connectivity index (χ3v) is 6.50. The third-order valence-electron chi connectivity index (χ3n) is 6.50. The molecule has 2 unspecified atom stereocenters. The molecule has 0 radical (unpaired) electrons. The maximum absolute atomic E-state index is 12.0. The van der Waals surface area contributed by atoms with Crippen molar-refractivity contribution in [3.05, 3.63) is 100 Å². The van der Waals surface area contributed by atoms with Crippen LogP contribution in [0.5, 0.6) is 0 Å². The number of hydrogen-bond acceptors (Lipinski definition) is 4. The summed E-state index contributed by atoms with van der Waals surface area (Å²) >= 11 is 0. The number of carboxylic acids is 2. The van der Waals surface area contributed by atoms with Crippen LogP contribution < -0.4 is 5.73 Å². The molecule has 0 aliphatic heterocycles. The topological polar surface area (TPSA) is 131 Å². The van der Waals surface area contributed by atoms with E-state index in [1.165, 1.54) is 16.7 Å². The van der Waals surface area contributed by atoms with E-state index in [-0.39, 0.29) is 23.0 Å². The number of nitrogens with zero attached hydrogens (tertiary/aromatic N) is 1. The first-order valence-electron chi connectivity index (χ1n) is 10.7. The molecule has 3 aromatic rings. The number of rotatable bonds is 4. The summed E-state index contributed by atoms with van der Waals surface area (Å²) in [5.41, 5.74) is 10.8. The van der Waals surface area contributed by atoms with Crippen LogP contribution in [0.1, 0.15) is 48.9 Å². The molecule has 7 heteroatoms. The Labute approximate surface area is 190 Å². The second-order valence-corrected chi connectivity index (χ2v) is 8.46. The smallest absolute Gasteiger partial charge is 0.337 e. The molecule has 0 saturated heterocycles. The van der Waals surface area contributed by atoms with Crippen LogP contribution in [0.15, 0.2) is 67.0 Å². The number of fused-ring (bicyclic) bond motifs is 2. The lowest BCUT2D eigenvalue weighted by molar-refractivity contribution is -0.120. The molecule has 33 heavy (non-hydrogen) atoms. The molecule has 2 atom stereocenters. The molecule has 1 aromatic heterocycles. The van der Waals surface area contributed by atoms with E-state index < -0.39 is 11.9 Å². The summed E-state index contributed by atoms with van der Waals surface area (Å²) in [7, 11) is 0. The van der Waals surface area contributed by atoms with Gasteiger partial charge in [-0.1, -0.05) is 48.5 Å². The fourth-order valence-electron chi connectivity index (χ4n) is 5.00. The molecule has 2 aliphatic rings. The highest BCUT2D eigenvalue weighted by Crippen LogP contribution is 2.45. The number of hydrogen-bond donors (Lipinski definition) is 3. The van der Waals surface area contributed by atoms with Crippen molar-refractivity contribution in [2.45, 2.75) is 25.2 Å². The summed E-state index contributed by atoms with van der Waals surface area (Å²) in [5.74, 6) is -1.77. The molecule has 0 fully saturated rings. The number of carbonyl (C=O) groups is 3. The van der Waals surface area contributed by atoms with Crippen LogP contribution in [0.4, 0.5) is 0 Å². The SMILES string of the molecule is NC(=O)C1c2ccccc2CC1C1Cc2ccccc2C1.O=C(O)c1cncc(C(=O)O)c1. The second kappa shape index (κ2) is 9.24. The number of pyridine rings is 1. The van der Waals surface area contributed by atoms with Crippen LogP contribution in [-0.4, -0.2) is 33.0 Å². The lowest BCUT2D eigenvalue weighted by Gasteiger charge is -2.23. The molecule has 1 amide bonds. The Bertz CT molecular complexity index is 1170. The van der Waals surface area contributed by atoms with Crippen LogP contribution in [-0.2, 0) is 24.1 Å². The fraction of sp³-hybridized carbons (Fsp3) is 0.231. The molecule has 1 heterocycles. The van der Waals surface area contributed by atoms with Gasteiger partial charge in [-0.3, -0.25) is 9.78 Å². The molecule has 0 spiro atoms. The van der Waals surface area contributed by atoms with Gasteiger partial charge in [0.1, 0.15) is 0 Å². The minimum atomic E-state index is -1.19. The van der Waals surface area contributed by atoms with Gasteiger partial charge in [-0.25, -0.2) is 9.59 Å². The van der Waals surface area contributed by atoms with Crippen LogP contribution in [0, 0.1) is 11.8 Å². The van der Waals surface area contributed by atoms with Gasteiger partial charge in [0.2, 0.25) is 5.91 Å². The number of amides is 1. The van der Waals surface area contributed by atoms with Gasteiger partial charge in [0.05, 0.1) is 17.0 Å². The van der Waals surface area contributed by atoms with Crippen molar-refractivity contribution >= 4 is 17.8 Å². The second-order valence-electron chi connectivity index (χ2n) is 8.46. The monoisotopic (exact) mass is 444 g/mol. The minimum Gasteiger partial charge on any atom is -0.478 e. The zero-order valence-corrected chi connectivity index (χ0v) is 17.8. The third kappa shape index (κ3) is 4.62.